The largest absolute Gasteiger partial charge is 0.493 e. The number of rotatable bonds is 7. The second-order valence-electron chi connectivity index (χ2n) is 8.77. The molecule has 1 unspecified atom stereocenters. The Morgan fingerprint density at radius 1 is 1.21 bits per heavy atom. The maximum atomic E-state index is 13.0. The van der Waals surface area contributed by atoms with Crippen LogP contribution in [0.2, 0.25) is 5.02 Å². The highest BCUT2D eigenvalue weighted by Crippen LogP contribution is 2.45. The van der Waals surface area contributed by atoms with E-state index in [0.717, 1.165) is 21.2 Å². The van der Waals surface area contributed by atoms with Crippen LogP contribution in [0.5, 0.6) is 23.0 Å². The first-order chi connectivity index (χ1) is 18.8. The Hall–Kier alpha value is -4.45. The van der Waals surface area contributed by atoms with Crippen molar-refractivity contribution >= 4 is 39.0 Å². The van der Waals surface area contributed by atoms with Gasteiger partial charge in [-0.2, -0.15) is 5.26 Å². The van der Waals surface area contributed by atoms with E-state index in [-0.39, 0.29) is 17.2 Å². The van der Waals surface area contributed by atoms with Crippen LogP contribution in [0.4, 0.5) is 0 Å². The fourth-order valence-corrected chi connectivity index (χ4v) is 5.91. The summed E-state index contributed by atoms with van der Waals surface area (Å²) in [6, 6.07) is 18.3. The smallest absolute Gasteiger partial charge is 0.355 e. The molecule has 9 heteroatoms. The average Bonchev–Trinajstić information content (AvgIpc) is 3.26. The molecule has 39 heavy (non-hydrogen) atoms. The Morgan fingerprint density at radius 3 is 2.77 bits per heavy atom. The first-order valence-corrected chi connectivity index (χ1v) is 13.1. The molecule has 4 aromatic rings. The zero-order chi connectivity index (χ0) is 27.7. The molecule has 196 valence electrons. The Bertz CT molecular complexity index is 1700. The molecule has 7 nitrogen and oxygen atoms in total. The van der Waals surface area contributed by atoms with Crippen molar-refractivity contribution < 1.29 is 23.7 Å². The van der Waals surface area contributed by atoms with E-state index in [1.807, 2.05) is 31.2 Å². The lowest BCUT2D eigenvalue weighted by molar-refractivity contribution is 0.0740. The van der Waals surface area contributed by atoms with E-state index in [1.165, 1.54) is 18.4 Å². The molecule has 5 rings (SSSR count). The number of ether oxygens (including phenoxy) is 4. The van der Waals surface area contributed by atoms with Crippen LogP contribution in [-0.2, 0) is 0 Å². The molecular weight excluding hydrogens is 536 g/mol. The van der Waals surface area contributed by atoms with E-state index >= 15 is 0 Å². The highest BCUT2D eigenvalue weighted by molar-refractivity contribution is 7.21. The topological polar surface area (TPSA) is 104 Å². The van der Waals surface area contributed by atoms with Crippen LogP contribution in [-0.4, -0.2) is 19.7 Å². The van der Waals surface area contributed by atoms with E-state index in [2.05, 4.69) is 12.6 Å². The lowest BCUT2D eigenvalue weighted by atomic mass is 9.83. The predicted octanol–water partition coefficient (Wildman–Crippen LogP) is 6.87. The Balaban J connectivity index is 1.48. The first kappa shape index (κ1) is 26.2. The number of nitrogens with two attached hydrogens (primary N) is 1. The van der Waals surface area contributed by atoms with E-state index in [4.69, 9.17) is 36.3 Å². The fourth-order valence-electron chi connectivity index (χ4n) is 4.43. The summed E-state index contributed by atoms with van der Waals surface area (Å²) in [5.41, 5.74) is 8.91. The number of nitrogens with zero attached hydrogens (tertiary/aromatic N) is 1. The number of thiophene rings is 1. The van der Waals surface area contributed by atoms with Gasteiger partial charge in [0.05, 0.1) is 18.1 Å². The number of hydrogen-bond donors (Lipinski definition) is 1. The van der Waals surface area contributed by atoms with Gasteiger partial charge in [-0.25, -0.2) is 4.79 Å². The SMILES string of the molecule is C=CCOc1ccc(C2C(C#N)=C(N)Oc3cc(OC(=O)c4sc5cc(C)ccc5c4Cl)ccc32)cc1OC. The van der Waals surface area contributed by atoms with Crippen molar-refractivity contribution in [2.45, 2.75) is 12.8 Å². The van der Waals surface area contributed by atoms with Crippen molar-refractivity contribution in [2.75, 3.05) is 13.7 Å². The normalized spacial score (nSPS) is 14.3. The molecule has 2 heterocycles. The van der Waals surface area contributed by atoms with Gasteiger partial charge in [0.1, 0.15) is 34.6 Å². The molecule has 0 aliphatic carbocycles. The third-order valence-corrected chi connectivity index (χ3v) is 7.89. The average molecular weight is 559 g/mol. The Morgan fingerprint density at radius 2 is 2.03 bits per heavy atom. The lowest BCUT2D eigenvalue weighted by Gasteiger charge is -2.27. The maximum absolute atomic E-state index is 13.0. The van der Waals surface area contributed by atoms with E-state index < -0.39 is 11.9 Å². The summed E-state index contributed by atoms with van der Waals surface area (Å²) in [6.07, 6.45) is 1.64. The molecule has 0 radical (unpaired) electrons. The monoisotopic (exact) mass is 558 g/mol. The standard InChI is InChI=1S/C30H23ClN2O5S/c1-4-11-36-22-10-6-17(13-24(22)35-3)26-19-9-7-18(14-23(19)38-29(33)21(26)15-32)37-30(34)28-27(31)20-8-5-16(2)12-25(20)39-28/h4-10,12-14,26H,1,11,33H2,2-3H3. The van der Waals surface area contributed by atoms with Crippen LogP contribution in [0.3, 0.4) is 0 Å². The van der Waals surface area contributed by atoms with Crippen molar-refractivity contribution in [1.29, 1.82) is 5.26 Å². The van der Waals surface area contributed by atoms with Gasteiger partial charge in [0.25, 0.3) is 0 Å². The Labute approximate surface area is 234 Å². The predicted molar refractivity (Wildman–Crippen MR) is 151 cm³/mol. The van der Waals surface area contributed by atoms with Crippen molar-refractivity contribution in [2.24, 2.45) is 5.73 Å². The van der Waals surface area contributed by atoms with Gasteiger partial charge in [-0.1, -0.05) is 48.5 Å². The molecule has 0 saturated heterocycles. The molecule has 0 fully saturated rings. The van der Waals surface area contributed by atoms with Gasteiger partial charge < -0.3 is 24.7 Å². The molecule has 0 bridgehead atoms. The van der Waals surface area contributed by atoms with Crippen LogP contribution >= 0.6 is 22.9 Å². The minimum Gasteiger partial charge on any atom is -0.493 e. The maximum Gasteiger partial charge on any atom is 0.355 e. The van der Waals surface area contributed by atoms with Gasteiger partial charge in [-0.05, 0) is 42.3 Å². The molecule has 2 N–H and O–H groups in total. The van der Waals surface area contributed by atoms with Gasteiger partial charge >= 0.3 is 5.97 Å². The number of allylic oxidation sites excluding steroid dienone is 1. The van der Waals surface area contributed by atoms with Crippen molar-refractivity contribution in [3.05, 3.63) is 105 Å². The molecule has 1 atom stereocenters. The number of hydrogen-bond acceptors (Lipinski definition) is 8. The second kappa shape index (κ2) is 10.7. The van der Waals surface area contributed by atoms with E-state index in [0.29, 0.717) is 39.3 Å². The number of esters is 1. The number of carbonyl (C=O) groups excluding carboxylic acids is 1. The molecule has 1 aromatic heterocycles. The van der Waals surface area contributed by atoms with Gasteiger partial charge in [0.2, 0.25) is 5.88 Å². The number of nitriles is 1. The molecule has 0 amide bonds. The molecule has 0 spiro atoms. The van der Waals surface area contributed by atoms with Crippen LogP contribution in [0.25, 0.3) is 10.1 Å². The number of methoxy groups -OCH3 is 1. The molecule has 0 saturated carbocycles. The summed E-state index contributed by atoms with van der Waals surface area (Å²) in [7, 11) is 1.54. The zero-order valence-electron chi connectivity index (χ0n) is 21.1. The summed E-state index contributed by atoms with van der Waals surface area (Å²) in [6.45, 7) is 5.96. The van der Waals surface area contributed by atoms with Crippen molar-refractivity contribution in [3.8, 4) is 29.1 Å². The summed E-state index contributed by atoms with van der Waals surface area (Å²) >= 11 is 7.77. The number of halogens is 1. The number of fused-ring (bicyclic) bond motifs is 2. The summed E-state index contributed by atoms with van der Waals surface area (Å²) in [5.74, 6) is 0.512. The van der Waals surface area contributed by atoms with Gasteiger partial charge in [-0.3, -0.25) is 0 Å². The van der Waals surface area contributed by atoms with Crippen LogP contribution in [0.1, 0.15) is 32.3 Å². The molecule has 1 aliphatic rings. The van der Waals surface area contributed by atoms with Crippen LogP contribution < -0.4 is 24.7 Å². The Kier molecular flexibility index (Phi) is 7.20. The third kappa shape index (κ3) is 4.90. The van der Waals surface area contributed by atoms with Gasteiger partial charge in [0, 0.05) is 21.7 Å². The first-order valence-electron chi connectivity index (χ1n) is 11.9. The highest BCUT2D eigenvalue weighted by Gasteiger charge is 2.32. The number of benzene rings is 3. The van der Waals surface area contributed by atoms with Gasteiger partial charge in [-0.15, -0.1) is 11.3 Å². The fraction of sp³-hybridized carbons (Fsp3) is 0.133. The highest BCUT2D eigenvalue weighted by atomic mass is 35.5. The molecule has 3 aromatic carbocycles. The molecular formula is C30H23ClN2O5S. The summed E-state index contributed by atoms with van der Waals surface area (Å²) in [4.78, 5) is 13.3. The van der Waals surface area contributed by atoms with Gasteiger partial charge in [0.15, 0.2) is 11.5 Å². The second-order valence-corrected chi connectivity index (χ2v) is 10.2. The quantitative estimate of drug-likeness (QED) is 0.150. The lowest BCUT2D eigenvalue weighted by Crippen LogP contribution is -2.21. The van der Waals surface area contributed by atoms with Crippen molar-refractivity contribution in [3.63, 3.8) is 0 Å². The van der Waals surface area contributed by atoms with E-state index in [9.17, 15) is 10.1 Å². The molecule has 1 aliphatic heterocycles. The zero-order valence-corrected chi connectivity index (χ0v) is 22.7. The minimum absolute atomic E-state index is 0.0349. The number of carbonyl (C=O) groups is 1. The van der Waals surface area contributed by atoms with Crippen LogP contribution in [0, 0.1) is 18.3 Å². The summed E-state index contributed by atoms with van der Waals surface area (Å²) < 4.78 is 23.5. The van der Waals surface area contributed by atoms with E-state index in [1.54, 1.807) is 36.4 Å². The minimum atomic E-state index is -0.577. The van der Waals surface area contributed by atoms with Crippen molar-refractivity contribution in [1.82, 2.24) is 0 Å². The van der Waals surface area contributed by atoms with Crippen LogP contribution in [0.15, 0.2) is 78.7 Å². The summed E-state index contributed by atoms with van der Waals surface area (Å²) in [5, 5.41) is 11.1. The third-order valence-electron chi connectivity index (χ3n) is 6.25. The number of aryl methyl sites for hydroxylation is 1.